The Morgan fingerprint density at radius 3 is 2.71 bits per heavy atom. The second-order valence-electron chi connectivity index (χ2n) is 5.26. The number of β-amino-alcohol motifs (C(OH)–C–C–N with tert-alkyl or cyclic N) is 1. The van der Waals surface area contributed by atoms with Gasteiger partial charge in [0.2, 0.25) is 5.82 Å². The quantitative estimate of drug-likeness (QED) is 0.625. The molecule has 2 heterocycles. The topological polar surface area (TPSA) is 87.7 Å². The van der Waals surface area contributed by atoms with Gasteiger partial charge in [-0.1, -0.05) is 6.92 Å². The summed E-state index contributed by atoms with van der Waals surface area (Å²) in [5.41, 5.74) is 0.671. The summed E-state index contributed by atoms with van der Waals surface area (Å²) < 4.78 is 1.62. The molecule has 1 saturated heterocycles. The minimum absolute atomic E-state index is 0.135. The molecule has 1 fully saturated rings. The van der Waals surface area contributed by atoms with Crippen LogP contribution in [0.2, 0.25) is 0 Å². The first kappa shape index (κ1) is 15.7. The highest BCUT2D eigenvalue weighted by atomic mass is 16.6. The number of anilines is 1. The number of aliphatic hydroxyl groups is 1. The summed E-state index contributed by atoms with van der Waals surface area (Å²) in [5.74, 6) is 0.600. The van der Waals surface area contributed by atoms with Crippen LogP contribution in [0.4, 0.5) is 11.5 Å². The Morgan fingerprint density at radius 2 is 2.10 bits per heavy atom. The van der Waals surface area contributed by atoms with Crippen LogP contribution in [0.15, 0.2) is 0 Å². The molecule has 0 spiro atoms. The Morgan fingerprint density at radius 1 is 1.33 bits per heavy atom. The molecule has 0 aromatic carbocycles. The lowest BCUT2D eigenvalue weighted by atomic mass is 10.2. The maximum Gasteiger partial charge on any atom is 0.334 e. The van der Waals surface area contributed by atoms with Crippen molar-refractivity contribution in [3.8, 4) is 0 Å². The van der Waals surface area contributed by atoms with Gasteiger partial charge in [0, 0.05) is 33.2 Å². The summed E-state index contributed by atoms with van der Waals surface area (Å²) in [5, 5.41) is 24.7. The van der Waals surface area contributed by atoms with E-state index in [9.17, 15) is 10.1 Å². The summed E-state index contributed by atoms with van der Waals surface area (Å²) in [4.78, 5) is 15.3. The van der Waals surface area contributed by atoms with E-state index in [4.69, 9.17) is 5.11 Å². The fourth-order valence-corrected chi connectivity index (χ4v) is 2.89. The highest BCUT2D eigenvalue weighted by Gasteiger charge is 2.30. The lowest BCUT2D eigenvalue weighted by molar-refractivity contribution is -0.384. The molecule has 1 aliphatic rings. The molecule has 1 aromatic heterocycles. The number of hydrogen-bond acceptors (Lipinski definition) is 6. The number of nitrogens with zero attached hydrogens (tertiary/aromatic N) is 5. The van der Waals surface area contributed by atoms with E-state index in [1.165, 1.54) is 0 Å². The first-order chi connectivity index (χ1) is 10.1. The van der Waals surface area contributed by atoms with E-state index in [0.29, 0.717) is 31.0 Å². The molecule has 0 bridgehead atoms. The zero-order valence-corrected chi connectivity index (χ0v) is 12.7. The molecule has 0 aliphatic carbocycles. The Balaban J connectivity index is 2.25. The molecule has 1 aliphatic heterocycles. The molecule has 21 heavy (non-hydrogen) atoms. The van der Waals surface area contributed by atoms with E-state index in [1.807, 2.05) is 11.8 Å². The normalized spacial score (nSPS) is 17.0. The van der Waals surface area contributed by atoms with Crippen LogP contribution < -0.4 is 4.90 Å². The van der Waals surface area contributed by atoms with Crippen molar-refractivity contribution in [3.05, 3.63) is 15.8 Å². The van der Waals surface area contributed by atoms with Crippen molar-refractivity contribution < 1.29 is 10.0 Å². The number of nitro groups is 1. The number of aryl methyl sites for hydroxylation is 2. The molecule has 2 rings (SSSR count). The molecule has 8 nitrogen and oxygen atoms in total. The Kier molecular flexibility index (Phi) is 5.13. The van der Waals surface area contributed by atoms with E-state index >= 15 is 0 Å². The van der Waals surface area contributed by atoms with Gasteiger partial charge in [-0.25, -0.2) is 4.68 Å². The van der Waals surface area contributed by atoms with Gasteiger partial charge in [-0.2, -0.15) is 5.10 Å². The Labute approximate surface area is 124 Å². The van der Waals surface area contributed by atoms with Gasteiger partial charge < -0.3 is 10.0 Å². The largest absolute Gasteiger partial charge is 0.395 e. The van der Waals surface area contributed by atoms with E-state index in [0.717, 1.165) is 26.1 Å². The minimum Gasteiger partial charge on any atom is -0.395 e. The monoisotopic (exact) mass is 297 g/mol. The van der Waals surface area contributed by atoms with Crippen molar-refractivity contribution in [1.29, 1.82) is 0 Å². The Bertz CT molecular complexity index is 502. The summed E-state index contributed by atoms with van der Waals surface area (Å²) in [6.07, 6.45) is 1.47. The molecule has 0 atom stereocenters. The van der Waals surface area contributed by atoms with Gasteiger partial charge in [0.15, 0.2) is 0 Å². The first-order valence-electron chi connectivity index (χ1n) is 7.36. The molecular weight excluding hydrogens is 274 g/mol. The first-order valence-corrected chi connectivity index (χ1v) is 7.36. The van der Waals surface area contributed by atoms with Gasteiger partial charge in [-0.05, 0) is 19.4 Å². The van der Waals surface area contributed by atoms with Crippen molar-refractivity contribution in [2.45, 2.75) is 19.8 Å². The van der Waals surface area contributed by atoms with Crippen molar-refractivity contribution in [2.24, 2.45) is 7.05 Å². The van der Waals surface area contributed by atoms with Crippen molar-refractivity contribution in [1.82, 2.24) is 14.7 Å². The average Bonchev–Trinajstić information content (AvgIpc) is 2.63. The van der Waals surface area contributed by atoms with Crippen LogP contribution in [0.1, 0.15) is 19.0 Å². The smallest absolute Gasteiger partial charge is 0.334 e. The third-order valence-electron chi connectivity index (χ3n) is 3.88. The molecule has 8 heteroatoms. The summed E-state index contributed by atoms with van der Waals surface area (Å²) >= 11 is 0. The third-order valence-corrected chi connectivity index (χ3v) is 3.88. The lowest BCUT2D eigenvalue weighted by Crippen LogP contribution is -2.33. The molecule has 1 aromatic rings. The van der Waals surface area contributed by atoms with E-state index < -0.39 is 0 Å². The van der Waals surface area contributed by atoms with Crippen LogP contribution in [0, 0.1) is 10.1 Å². The van der Waals surface area contributed by atoms with Crippen LogP contribution >= 0.6 is 0 Å². The molecule has 0 saturated carbocycles. The van der Waals surface area contributed by atoms with Crippen LogP contribution in [0.25, 0.3) is 0 Å². The zero-order valence-electron chi connectivity index (χ0n) is 12.7. The summed E-state index contributed by atoms with van der Waals surface area (Å²) in [6, 6.07) is 0. The fourth-order valence-electron chi connectivity index (χ4n) is 2.89. The van der Waals surface area contributed by atoms with Gasteiger partial charge in [0.05, 0.1) is 11.5 Å². The standard InChI is InChI=1S/C13H23N5O3/c1-3-11-12(18(20)21)13(15(2)14-11)17-6-4-5-16(7-8-17)9-10-19/h19H,3-10H2,1-2H3. The van der Waals surface area contributed by atoms with Crippen LogP contribution in [0.5, 0.6) is 0 Å². The van der Waals surface area contributed by atoms with Gasteiger partial charge >= 0.3 is 5.69 Å². The molecule has 0 unspecified atom stereocenters. The van der Waals surface area contributed by atoms with Crippen LogP contribution in [-0.4, -0.2) is 64.0 Å². The lowest BCUT2D eigenvalue weighted by Gasteiger charge is -2.22. The average molecular weight is 297 g/mol. The summed E-state index contributed by atoms with van der Waals surface area (Å²) in [7, 11) is 1.76. The molecular formula is C13H23N5O3. The molecule has 0 amide bonds. The maximum absolute atomic E-state index is 11.4. The third kappa shape index (κ3) is 3.33. The zero-order chi connectivity index (χ0) is 15.4. The van der Waals surface area contributed by atoms with Gasteiger partial charge in [0.25, 0.3) is 0 Å². The van der Waals surface area contributed by atoms with Crippen LogP contribution in [0.3, 0.4) is 0 Å². The van der Waals surface area contributed by atoms with Crippen LogP contribution in [-0.2, 0) is 13.5 Å². The second-order valence-corrected chi connectivity index (χ2v) is 5.26. The number of aliphatic hydroxyl groups excluding tert-OH is 1. The number of hydrogen-bond donors (Lipinski definition) is 1. The van der Waals surface area contributed by atoms with Crippen molar-refractivity contribution in [3.63, 3.8) is 0 Å². The maximum atomic E-state index is 11.4. The van der Waals surface area contributed by atoms with E-state index in [1.54, 1.807) is 11.7 Å². The fraction of sp³-hybridized carbons (Fsp3) is 0.769. The number of aromatic nitrogens is 2. The minimum atomic E-state index is -0.322. The highest BCUT2D eigenvalue weighted by Crippen LogP contribution is 2.32. The second kappa shape index (κ2) is 6.86. The predicted molar refractivity (Wildman–Crippen MR) is 79.6 cm³/mol. The van der Waals surface area contributed by atoms with E-state index in [-0.39, 0.29) is 17.2 Å². The predicted octanol–water partition coefficient (Wildman–Crippen LogP) is 0.395. The number of rotatable bonds is 5. The van der Waals surface area contributed by atoms with Crippen molar-refractivity contribution in [2.75, 3.05) is 44.2 Å². The molecule has 118 valence electrons. The molecule has 0 radical (unpaired) electrons. The van der Waals surface area contributed by atoms with Gasteiger partial charge in [-0.15, -0.1) is 0 Å². The van der Waals surface area contributed by atoms with Crippen molar-refractivity contribution >= 4 is 11.5 Å². The Hall–Kier alpha value is -1.67. The van der Waals surface area contributed by atoms with Gasteiger partial charge in [0.1, 0.15) is 5.69 Å². The summed E-state index contributed by atoms with van der Waals surface area (Å²) in [6.45, 7) is 5.86. The highest BCUT2D eigenvalue weighted by molar-refractivity contribution is 5.61. The molecule has 1 N–H and O–H groups in total. The SMILES string of the molecule is CCc1nn(C)c(N2CCCN(CCO)CC2)c1[N+](=O)[O-]. The van der Waals surface area contributed by atoms with E-state index in [2.05, 4.69) is 10.00 Å². The van der Waals surface area contributed by atoms with Gasteiger partial charge in [-0.3, -0.25) is 15.0 Å².